The Balaban J connectivity index is 1.54. The molecule has 2 unspecified atom stereocenters. The summed E-state index contributed by atoms with van der Waals surface area (Å²) in [5, 5.41) is 4.00. The van der Waals surface area contributed by atoms with E-state index in [0.717, 1.165) is 17.9 Å². The van der Waals surface area contributed by atoms with E-state index in [1.165, 1.54) is 77.2 Å². The van der Waals surface area contributed by atoms with Crippen molar-refractivity contribution in [3.05, 3.63) is 0 Å². The van der Waals surface area contributed by atoms with E-state index in [9.17, 15) is 0 Å². The zero-order valence-electron chi connectivity index (χ0n) is 12.6. The number of hydrogen-bond donors (Lipinski definition) is 1. The maximum Gasteiger partial charge on any atom is 0.0282 e. The summed E-state index contributed by atoms with van der Waals surface area (Å²) in [4.78, 5) is 0. The van der Waals surface area contributed by atoms with Gasteiger partial charge in [-0.15, -0.1) is 0 Å². The van der Waals surface area contributed by atoms with Crippen LogP contribution in [0.1, 0.15) is 70.6 Å². The quantitative estimate of drug-likeness (QED) is 0.789. The smallest absolute Gasteiger partial charge is 0.0282 e. The Hall–Kier alpha value is 0.310. The Labute approximate surface area is 123 Å². The molecule has 1 N–H and O–H groups in total. The summed E-state index contributed by atoms with van der Waals surface area (Å²) in [6.07, 6.45) is 18.7. The molecule has 19 heavy (non-hydrogen) atoms. The Morgan fingerprint density at radius 2 is 1.63 bits per heavy atom. The van der Waals surface area contributed by atoms with E-state index < -0.39 is 0 Å². The van der Waals surface area contributed by atoms with Crippen molar-refractivity contribution in [1.29, 1.82) is 0 Å². The summed E-state index contributed by atoms with van der Waals surface area (Å²) in [6.45, 7) is 1.28. The summed E-state index contributed by atoms with van der Waals surface area (Å²) in [6, 6.07) is 0.849. The van der Waals surface area contributed by atoms with Gasteiger partial charge in [0.25, 0.3) is 0 Å². The fourth-order valence-corrected chi connectivity index (χ4v) is 5.19. The van der Waals surface area contributed by atoms with E-state index >= 15 is 0 Å². The van der Waals surface area contributed by atoms with Gasteiger partial charge in [0.1, 0.15) is 0 Å². The predicted molar refractivity (Wildman–Crippen MR) is 85.8 cm³/mol. The van der Waals surface area contributed by atoms with Gasteiger partial charge in [0, 0.05) is 17.3 Å². The number of rotatable bonds is 5. The summed E-state index contributed by atoms with van der Waals surface area (Å²) >= 11 is 2.10. The highest BCUT2D eigenvalue weighted by Crippen LogP contribution is 2.47. The first-order valence-electron chi connectivity index (χ1n) is 8.61. The van der Waals surface area contributed by atoms with Gasteiger partial charge in [-0.25, -0.2) is 0 Å². The van der Waals surface area contributed by atoms with E-state index in [1.54, 1.807) is 0 Å². The van der Waals surface area contributed by atoms with Gasteiger partial charge in [-0.3, -0.25) is 0 Å². The minimum absolute atomic E-state index is 0.633. The fourth-order valence-electron chi connectivity index (χ4n) is 4.45. The molecule has 2 heteroatoms. The Morgan fingerprint density at radius 1 is 0.947 bits per heavy atom. The lowest BCUT2D eigenvalue weighted by molar-refractivity contribution is 0.150. The zero-order valence-corrected chi connectivity index (χ0v) is 13.4. The van der Waals surface area contributed by atoms with Crippen LogP contribution in [0, 0.1) is 11.8 Å². The summed E-state index contributed by atoms with van der Waals surface area (Å²) in [5.41, 5.74) is 0. The van der Waals surface area contributed by atoms with Crippen LogP contribution in [0.15, 0.2) is 0 Å². The molecular weight excluding hydrogens is 250 g/mol. The van der Waals surface area contributed by atoms with E-state index in [-0.39, 0.29) is 0 Å². The predicted octanol–water partition coefficient (Wildman–Crippen LogP) is 4.61. The van der Waals surface area contributed by atoms with Gasteiger partial charge in [0.15, 0.2) is 0 Å². The number of thioether (sulfide) groups is 1. The van der Waals surface area contributed by atoms with Gasteiger partial charge >= 0.3 is 0 Å². The summed E-state index contributed by atoms with van der Waals surface area (Å²) in [7, 11) is 0. The summed E-state index contributed by atoms with van der Waals surface area (Å²) in [5.74, 6) is 2.06. The first-order valence-corrected chi connectivity index (χ1v) is 9.84. The maximum absolute atomic E-state index is 4.00. The molecule has 0 aromatic heterocycles. The standard InChI is InChI=1S/C17H31NS/c1-19-17(11-12-17)13-18-16-10-6-5-9-15(16)14-7-3-2-4-8-14/h14-16,18H,2-13H2,1H3. The van der Waals surface area contributed by atoms with Crippen molar-refractivity contribution in [1.82, 2.24) is 5.32 Å². The van der Waals surface area contributed by atoms with Crippen LogP contribution >= 0.6 is 11.8 Å². The monoisotopic (exact) mass is 281 g/mol. The minimum atomic E-state index is 0.633. The van der Waals surface area contributed by atoms with E-state index in [2.05, 4.69) is 23.3 Å². The molecule has 0 aromatic carbocycles. The lowest BCUT2D eigenvalue weighted by atomic mass is 9.71. The van der Waals surface area contributed by atoms with Gasteiger partial charge < -0.3 is 5.32 Å². The van der Waals surface area contributed by atoms with Crippen LogP contribution in [0.5, 0.6) is 0 Å². The lowest BCUT2D eigenvalue weighted by Crippen LogP contribution is -2.45. The van der Waals surface area contributed by atoms with Crippen LogP contribution in [-0.4, -0.2) is 23.6 Å². The highest BCUT2D eigenvalue weighted by atomic mass is 32.2. The molecule has 0 spiro atoms. The van der Waals surface area contributed by atoms with E-state index in [1.807, 2.05) is 0 Å². The van der Waals surface area contributed by atoms with Crippen molar-refractivity contribution < 1.29 is 0 Å². The zero-order chi connectivity index (χ0) is 13.1. The van der Waals surface area contributed by atoms with Crippen LogP contribution in [0.4, 0.5) is 0 Å². The molecule has 110 valence electrons. The van der Waals surface area contributed by atoms with Crippen LogP contribution in [0.2, 0.25) is 0 Å². The molecule has 0 bridgehead atoms. The van der Waals surface area contributed by atoms with Gasteiger partial charge in [0.2, 0.25) is 0 Å². The molecule has 3 saturated carbocycles. The average molecular weight is 282 g/mol. The molecule has 3 rings (SSSR count). The fraction of sp³-hybridized carbons (Fsp3) is 1.00. The van der Waals surface area contributed by atoms with Crippen molar-refractivity contribution in [2.45, 2.75) is 81.4 Å². The summed E-state index contributed by atoms with van der Waals surface area (Å²) < 4.78 is 0.633. The normalized spacial score (nSPS) is 35.2. The second-order valence-electron chi connectivity index (χ2n) is 7.22. The molecule has 0 heterocycles. The molecular formula is C17H31NS. The second-order valence-corrected chi connectivity index (χ2v) is 8.50. The van der Waals surface area contributed by atoms with Crippen molar-refractivity contribution >= 4 is 11.8 Å². The van der Waals surface area contributed by atoms with Crippen molar-refractivity contribution in [3.63, 3.8) is 0 Å². The molecule has 3 aliphatic rings. The van der Waals surface area contributed by atoms with Gasteiger partial charge in [-0.1, -0.05) is 44.9 Å². The topological polar surface area (TPSA) is 12.0 Å². The number of nitrogens with one attached hydrogen (secondary N) is 1. The number of hydrogen-bond acceptors (Lipinski definition) is 2. The SMILES string of the molecule is CSC1(CNC2CCCCC2C2CCCCC2)CC1. The molecule has 3 aliphatic carbocycles. The van der Waals surface area contributed by atoms with E-state index in [4.69, 9.17) is 0 Å². The third-order valence-electron chi connectivity index (χ3n) is 6.00. The maximum atomic E-state index is 4.00. The van der Waals surface area contributed by atoms with Crippen LogP contribution in [-0.2, 0) is 0 Å². The van der Waals surface area contributed by atoms with Gasteiger partial charge in [-0.05, 0) is 43.8 Å². The molecule has 0 radical (unpaired) electrons. The third kappa shape index (κ3) is 3.50. The van der Waals surface area contributed by atoms with Crippen molar-refractivity contribution in [2.24, 2.45) is 11.8 Å². The lowest BCUT2D eigenvalue weighted by Gasteiger charge is -2.40. The molecule has 0 aromatic rings. The highest BCUT2D eigenvalue weighted by Gasteiger charge is 2.42. The molecule has 2 atom stereocenters. The van der Waals surface area contributed by atoms with E-state index in [0.29, 0.717) is 4.75 Å². The van der Waals surface area contributed by atoms with Gasteiger partial charge in [-0.2, -0.15) is 11.8 Å². The molecule has 0 aliphatic heterocycles. The van der Waals surface area contributed by atoms with Crippen LogP contribution in [0.25, 0.3) is 0 Å². The largest absolute Gasteiger partial charge is 0.312 e. The van der Waals surface area contributed by atoms with Crippen LogP contribution in [0.3, 0.4) is 0 Å². The van der Waals surface area contributed by atoms with Crippen molar-refractivity contribution in [3.8, 4) is 0 Å². The Kier molecular flexibility index (Phi) is 4.79. The molecule has 1 nitrogen and oxygen atoms in total. The second kappa shape index (κ2) is 6.39. The molecule has 3 fully saturated rings. The Bertz CT molecular complexity index is 281. The first kappa shape index (κ1) is 14.3. The first-order chi connectivity index (χ1) is 9.33. The molecule has 0 saturated heterocycles. The van der Waals surface area contributed by atoms with Crippen molar-refractivity contribution in [2.75, 3.05) is 12.8 Å². The minimum Gasteiger partial charge on any atom is -0.312 e. The molecule has 0 amide bonds. The average Bonchev–Trinajstić information content (AvgIpc) is 3.27. The Morgan fingerprint density at radius 3 is 2.32 bits per heavy atom. The third-order valence-corrected chi connectivity index (χ3v) is 7.42. The highest BCUT2D eigenvalue weighted by molar-refractivity contribution is 8.00. The van der Waals surface area contributed by atoms with Crippen LogP contribution < -0.4 is 5.32 Å². The van der Waals surface area contributed by atoms with Gasteiger partial charge in [0.05, 0.1) is 0 Å².